The lowest BCUT2D eigenvalue weighted by Gasteiger charge is -2.26. The van der Waals surface area contributed by atoms with Crippen molar-refractivity contribution in [2.75, 3.05) is 20.3 Å². The highest BCUT2D eigenvalue weighted by molar-refractivity contribution is 6.32. The van der Waals surface area contributed by atoms with E-state index in [0.717, 1.165) is 5.75 Å². The SMILES string of the molecule is COc1cc(/C=N/NC(=O)c2ccncc2)cc(Cl)c1OCCOc1ccc(C(C)(C)c2ccccc2)cc1. The van der Waals surface area contributed by atoms with E-state index in [1.807, 2.05) is 18.2 Å². The zero-order valence-corrected chi connectivity index (χ0v) is 22.8. The van der Waals surface area contributed by atoms with Gasteiger partial charge >= 0.3 is 0 Å². The number of aromatic nitrogens is 1. The van der Waals surface area contributed by atoms with Crippen LogP contribution in [0.5, 0.6) is 17.2 Å². The molecule has 0 saturated heterocycles. The van der Waals surface area contributed by atoms with E-state index in [1.165, 1.54) is 36.8 Å². The smallest absolute Gasteiger partial charge is 0.271 e. The van der Waals surface area contributed by atoms with Gasteiger partial charge in [-0.05, 0) is 53.1 Å². The van der Waals surface area contributed by atoms with Crippen LogP contribution in [0.1, 0.15) is 40.9 Å². The number of methoxy groups -OCH3 is 1. The van der Waals surface area contributed by atoms with E-state index < -0.39 is 0 Å². The molecular formula is C31H30ClN3O4. The Balaban J connectivity index is 1.31. The van der Waals surface area contributed by atoms with Gasteiger partial charge < -0.3 is 14.2 Å². The molecule has 0 radical (unpaired) electrons. The Bertz CT molecular complexity index is 1410. The number of hydrogen-bond donors (Lipinski definition) is 1. The van der Waals surface area contributed by atoms with Gasteiger partial charge in [0.05, 0.1) is 18.3 Å². The summed E-state index contributed by atoms with van der Waals surface area (Å²) in [6, 6.07) is 25.1. The van der Waals surface area contributed by atoms with Crippen molar-refractivity contribution in [2.45, 2.75) is 19.3 Å². The van der Waals surface area contributed by atoms with Gasteiger partial charge in [-0.15, -0.1) is 0 Å². The minimum Gasteiger partial charge on any atom is -0.493 e. The number of rotatable bonds is 11. The summed E-state index contributed by atoms with van der Waals surface area (Å²) >= 11 is 6.46. The highest BCUT2D eigenvalue weighted by Crippen LogP contribution is 2.36. The van der Waals surface area contributed by atoms with Crippen LogP contribution in [0.15, 0.2) is 96.4 Å². The fourth-order valence-electron chi connectivity index (χ4n) is 3.98. The van der Waals surface area contributed by atoms with Crippen LogP contribution in [0.3, 0.4) is 0 Å². The Labute approximate surface area is 233 Å². The summed E-state index contributed by atoms with van der Waals surface area (Å²) in [7, 11) is 1.53. The fourth-order valence-corrected chi connectivity index (χ4v) is 4.25. The van der Waals surface area contributed by atoms with Crippen molar-refractivity contribution in [3.63, 3.8) is 0 Å². The Hall–Kier alpha value is -4.36. The quantitative estimate of drug-likeness (QED) is 0.136. The number of nitrogens with one attached hydrogen (secondary N) is 1. The number of hydrazone groups is 1. The molecule has 1 aromatic heterocycles. The first kappa shape index (κ1) is 27.7. The Morgan fingerprint density at radius 1 is 0.949 bits per heavy atom. The number of hydrogen-bond acceptors (Lipinski definition) is 6. The summed E-state index contributed by atoms with van der Waals surface area (Å²) in [5, 5.41) is 4.34. The molecule has 0 atom stereocenters. The summed E-state index contributed by atoms with van der Waals surface area (Å²) < 4.78 is 17.2. The van der Waals surface area contributed by atoms with Gasteiger partial charge in [0.15, 0.2) is 11.5 Å². The van der Waals surface area contributed by atoms with Gasteiger partial charge in [0.1, 0.15) is 19.0 Å². The highest BCUT2D eigenvalue weighted by atomic mass is 35.5. The molecule has 7 nitrogen and oxygen atoms in total. The molecule has 200 valence electrons. The number of ether oxygens (including phenoxy) is 3. The van der Waals surface area contributed by atoms with E-state index in [0.29, 0.717) is 34.3 Å². The third-order valence-corrected chi connectivity index (χ3v) is 6.52. The molecule has 1 heterocycles. The first-order valence-corrected chi connectivity index (χ1v) is 12.8. The first-order valence-electron chi connectivity index (χ1n) is 12.4. The zero-order valence-electron chi connectivity index (χ0n) is 22.1. The lowest BCUT2D eigenvalue weighted by Crippen LogP contribution is -2.18. The van der Waals surface area contributed by atoms with Crippen molar-refractivity contribution >= 4 is 23.7 Å². The fraction of sp³-hybridized carbons (Fsp3) is 0.194. The number of halogens is 1. The van der Waals surface area contributed by atoms with Gasteiger partial charge in [-0.25, -0.2) is 5.43 Å². The van der Waals surface area contributed by atoms with E-state index >= 15 is 0 Å². The summed E-state index contributed by atoms with van der Waals surface area (Å²) in [6.45, 7) is 5.01. The summed E-state index contributed by atoms with van der Waals surface area (Å²) in [4.78, 5) is 16.0. The van der Waals surface area contributed by atoms with Crippen molar-refractivity contribution in [1.29, 1.82) is 0 Å². The molecule has 8 heteroatoms. The molecule has 1 N–H and O–H groups in total. The van der Waals surface area contributed by atoms with Crippen molar-refractivity contribution < 1.29 is 19.0 Å². The van der Waals surface area contributed by atoms with Gasteiger partial charge in [0.2, 0.25) is 0 Å². The molecule has 0 saturated carbocycles. The second kappa shape index (κ2) is 12.9. The maximum Gasteiger partial charge on any atom is 0.271 e. The monoisotopic (exact) mass is 543 g/mol. The summed E-state index contributed by atoms with van der Waals surface area (Å²) in [5.74, 6) is 1.25. The summed E-state index contributed by atoms with van der Waals surface area (Å²) in [6.07, 6.45) is 4.55. The van der Waals surface area contributed by atoms with Gasteiger partial charge in [0.25, 0.3) is 5.91 Å². The summed E-state index contributed by atoms with van der Waals surface area (Å²) in [5.41, 5.74) is 5.90. The minimum atomic E-state index is -0.346. The minimum absolute atomic E-state index is 0.113. The van der Waals surface area contributed by atoms with E-state index in [-0.39, 0.29) is 17.9 Å². The van der Waals surface area contributed by atoms with Crippen molar-refractivity contribution in [3.8, 4) is 17.2 Å². The van der Waals surface area contributed by atoms with Crippen LogP contribution >= 0.6 is 11.6 Å². The van der Waals surface area contributed by atoms with E-state index in [9.17, 15) is 4.79 Å². The van der Waals surface area contributed by atoms with Gasteiger partial charge in [0, 0.05) is 23.4 Å². The van der Waals surface area contributed by atoms with Crippen LogP contribution in [-0.2, 0) is 5.41 Å². The average Bonchev–Trinajstić information content (AvgIpc) is 2.97. The van der Waals surface area contributed by atoms with Crippen molar-refractivity contribution in [2.24, 2.45) is 5.10 Å². The van der Waals surface area contributed by atoms with Gasteiger partial charge in [-0.3, -0.25) is 9.78 Å². The number of nitrogens with zero attached hydrogens (tertiary/aromatic N) is 2. The lowest BCUT2D eigenvalue weighted by atomic mass is 9.78. The molecule has 0 aliphatic heterocycles. The van der Waals surface area contributed by atoms with Crippen molar-refractivity contribution in [1.82, 2.24) is 10.4 Å². The average molecular weight is 544 g/mol. The normalized spacial score (nSPS) is 11.3. The molecule has 4 aromatic rings. The lowest BCUT2D eigenvalue weighted by molar-refractivity contribution is 0.0955. The third kappa shape index (κ3) is 7.15. The molecule has 0 aliphatic rings. The van der Waals surface area contributed by atoms with Crippen LogP contribution in [0, 0.1) is 0 Å². The molecular weight excluding hydrogens is 514 g/mol. The van der Waals surface area contributed by atoms with Crippen LogP contribution in [-0.4, -0.2) is 37.4 Å². The predicted octanol–water partition coefficient (Wildman–Crippen LogP) is 6.29. The number of pyridine rings is 1. The van der Waals surface area contributed by atoms with Crippen LogP contribution in [0.2, 0.25) is 5.02 Å². The van der Waals surface area contributed by atoms with Crippen molar-refractivity contribution in [3.05, 3.63) is 119 Å². The van der Waals surface area contributed by atoms with E-state index in [2.05, 4.69) is 65.8 Å². The van der Waals surface area contributed by atoms with Crippen LogP contribution in [0.4, 0.5) is 0 Å². The topological polar surface area (TPSA) is 82.0 Å². The van der Waals surface area contributed by atoms with Crippen LogP contribution < -0.4 is 19.6 Å². The van der Waals surface area contributed by atoms with E-state index in [4.69, 9.17) is 25.8 Å². The van der Waals surface area contributed by atoms with Gasteiger partial charge in [-0.2, -0.15) is 5.10 Å². The molecule has 0 bridgehead atoms. The zero-order chi connectivity index (χ0) is 27.7. The number of carbonyl (C=O) groups excluding carboxylic acids is 1. The molecule has 0 spiro atoms. The number of carbonyl (C=O) groups is 1. The molecule has 0 unspecified atom stereocenters. The molecule has 3 aromatic carbocycles. The Morgan fingerprint density at radius 3 is 2.31 bits per heavy atom. The van der Waals surface area contributed by atoms with Crippen LogP contribution in [0.25, 0.3) is 0 Å². The third-order valence-electron chi connectivity index (χ3n) is 6.24. The second-order valence-corrected chi connectivity index (χ2v) is 9.59. The second-order valence-electron chi connectivity index (χ2n) is 9.18. The number of amides is 1. The highest BCUT2D eigenvalue weighted by Gasteiger charge is 2.22. The Morgan fingerprint density at radius 2 is 1.62 bits per heavy atom. The molecule has 0 fully saturated rings. The molecule has 1 amide bonds. The molecule has 4 rings (SSSR count). The van der Waals surface area contributed by atoms with Gasteiger partial charge in [-0.1, -0.05) is 67.9 Å². The maximum atomic E-state index is 12.1. The number of benzene rings is 3. The van der Waals surface area contributed by atoms with E-state index in [1.54, 1.807) is 24.3 Å². The molecule has 39 heavy (non-hydrogen) atoms. The largest absolute Gasteiger partial charge is 0.493 e. The predicted molar refractivity (Wildman–Crippen MR) is 153 cm³/mol. The standard InChI is InChI=1S/C31H30ClN3O4/c1-31(2,24-7-5-4-6-8-24)25-9-11-26(12-10-25)38-17-18-39-29-27(32)19-22(20-28(29)37-3)21-34-35-30(36)23-13-15-33-16-14-23/h4-16,19-21H,17-18H2,1-3H3,(H,35,36)/b34-21+. The maximum absolute atomic E-state index is 12.1. The first-order chi connectivity index (χ1) is 18.9. The Kier molecular flexibility index (Phi) is 9.18. The molecule has 0 aliphatic carbocycles.